The normalized spacial score (nSPS) is 17.8. The molecule has 0 saturated carbocycles. The van der Waals surface area contributed by atoms with Gasteiger partial charge in [0.15, 0.2) is 0 Å². The minimum Gasteiger partial charge on any atom is -0.353 e. The Balaban J connectivity index is 1.77. The van der Waals surface area contributed by atoms with Gasteiger partial charge in [-0.05, 0) is 76.6 Å². The first-order valence-corrected chi connectivity index (χ1v) is 10.4. The van der Waals surface area contributed by atoms with E-state index in [9.17, 15) is 4.79 Å². The molecule has 5 rings (SSSR count). The fourth-order valence-electron chi connectivity index (χ4n) is 5.10. The van der Waals surface area contributed by atoms with Crippen molar-refractivity contribution in [3.8, 4) is 11.4 Å². The van der Waals surface area contributed by atoms with Crippen LogP contribution >= 0.6 is 0 Å². The average molecular weight is 377 g/mol. The number of amides is 1. The van der Waals surface area contributed by atoms with Gasteiger partial charge in [-0.1, -0.05) is 6.92 Å². The standard InChI is InChI=1S/C23H28N4O/c1-6-17-14-9-7-8-13-15-10-19-16(23(4,5)22(28)27(19)12(2)3)11-18(15)24-20(13)21(14)26-25-17/h10-12,24H,6-9H2,1-5H3,(H,25,26). The van der Waals surface area contributed by atoms with Crippen molar-refractivity contribution in [3.05, 3.63) is 34.5 Å². The highest BCUT2D eigenvalue weighted by Crippen LogP contribution is 2.46. The van der Waals surface area contributed by atoms with Gasteiger partial charge in [-0.25, -0.2) is 0 Å². The third-order valence-electron chi connectivity index (χ3n) is 6.62. The second kappa shape index (κ2) is 5.72. The lowest BCUT2D eigenvalue weighted by atomic mass is 9.85. The Bertz CT molecular complexity index is 1120. The summed E-state index contributed by atoms with van der Waals surface area (Å²) >= 11 is 0. The highest BCUT2D eigenvalue weighted by Gasteiger charge is 2.45. The zero-order valence-corrected chi connectivity index (χ0v) is 17.4. The zero-order chi connectivity index (χ0) is 19.8. The number of hydrogen-bond acceptors (Lipinski definition) is 2. The van der Waals surface area contributed by atoms with Gasteiger partial charge in [-0.2, -0.15) is 5.10 Å². The van der Waals surface area contributed by atoms with Gasteiger partial charge in [0.25, 0.3) is 0 Å². The molecule has 0 bridgehead atoms. The Morgan fingerprint density at radius 2 is 1.96 bits per heavy atom. The second-order valence-corrected chi connectivity index (χ2v) is 9.02. The first-order valence-electron chi connectivity index (χ1n) is 10.4. The number of anilines is 1. The number of aryl methyl sites for hydroxylation is 2. The van der Waals surface area contributed by atoms with E-state index in [4.69, 9.17) is 0 Å². The van der Waals surface area contributed by atoms with E-state index in [-0.39, 0.29) is 11.9 Å². The van der Waals surface area contributed by atoms with Crippen molar-refractivity contribution in [3.63, 3.8) is 0 Å². The molecule has 1 aliphatic heterocycles. The van der Waals surface area contributed by atoms with Crippen LogP contribution in [0.15, 0.2) is 12.1 Å². The second-order valence-electron chi connectivity index (χ2n) is 9.02. The first-order chi connectivity index (χ1) is 13.3. The third kappa shape index (κ3) is 2.13. The molecule has 3 heterocycles. The van der Waals surface area contributed by atoms with Crippen LogP contribution in [0, 0.1) is 0 Å². The van der Waals surface area contributed by atoms with Crippen molar-refractivity contribution < 1.29 is 4.79 Å². The lowest BCUT2D eigenvalue weighted by Gasteiger charge is -2.24. The summed E-state index contributed by atoms with van der Waals surface area (Å²) in [5.41, 5.74) is 8.99. The molecule has 0 radical (unpaired) electrons. The summed E-state index contributed by atoms with van der Waals surface area (Å²) < 4.78 is 0. The number of fused-ring (bicyclic) bond motifs is 6. The van der Waals surface area contributed by atoms with Crippen LogP contribution in [-0.2, 0) is 29.5 Å². The number of aromatic nitrogens is 3. The highest BCUT2D eigenvalue weighted by atomic mass is 16.2. The van der Waals surface area contributed by atoms with Gasteiger partial charge in [-0.3, -0.25) is 9.89 Å². The van der Waals surface area contributed by atoms with Crippen molar-refractivity contribution in [2.75, 3.05) is 4.90 Å². The van der Waals surface area contributed by atoms with Gasteiger partial charge in [0.2, 0.25) is 5.91 Å². The van der Waals surface area contributed by atoms with E-state index in [1.54, 1.807) is 0 Å². The Morgan fingerprint density at radius 1 is 1.21 bits per heavy atom. The van der Waals surface area contributed by atoms with E-state index in [1.165, 1.54) is 22.2 Å². The quantitative estimate of drug-likeness (QED) is 0.684. The number of nitrogens with zero attached hydrogens (tertiary/aromatic N) is 2. The van der Waals surface area contributed by atoms with E-state index in [0.29, 0.717) is 0 Å². The van der Waals surface area contributed by atoms with Gasteiger partial charge in [-0.15, -0.1) is 0 Å². The van der Waals surface area contributed by atoms with Crippen molar-refractivity contribution >= 4 is 22.5 Å². The molecule has 1 aromatic carbocycles. The summed E-state index contributed by atoms with van der Waals surface area (Å²) in [5.74, 6) is 0.193. The fourth-order valence-corrected chi connectivity index (χ4v) is 5.10. The molecule has 1 aliphatic carbocycles. The van der Waals surface area contributed by atoms with Crippen molar-refractivity contribution in [2.24, 2.45) is 0 Å². The fraction of sp³-hybridized carbons (Fsp3) is 0.478. The molecular weight excluding hydrogens is 348 g/mol. The zero-order valence-electron chi connectivity index (χ0n) is 17.4. The van der Waals surface area contributed by atoms with Gasteiger partial charge in [0, 0.05) is 33.9 Å². The Kier molecular flexibility index (Phi) is 3.58. The molecule has 2 N–H and O–H groups in total. The van der Waals surface area contributed by atoms with E-state index in [2.05, 4.69) is 48.1 Å². The average Bonchev–Trinajstić information content (AvgIpc) is 3.22. The minimum atomic E-state index is -0.497. The molecule has 2 aliphatic rings. The molecule has 1 amide bonds. The Hall–Kier alpha value is -2.56. The molecule has 0 saturated heterocycles. The number of hydrogen-bond donors (Lipinski definition) is 2. The van der Waals surface area contributed by atoms with Crippen molar-refractivity contribution in [2.45, 2.75) is 71.8 Å². The number of H-pyrrole nitrogens is 2. The molecule has 5 heteroatoms. The largest absolute Gasteiger partial charge is 0.353 e. The van der Waals surface area contributed by atoms with E-state index in [1.807, 2.05) is 18.7 Å². The first kappa shape index (κ1) is 17.5. The van der Waals surface area contributed by atoms with Crippen molar-refractivity contribution in [1.29, 1.82) is 0 Å². The number of benzene rings is 1. The number of carbonyl (C=O) groups is 1. The molecular formula is C23H28N4O. The lowest BCUT2D eigenvalue weighted by molar-refractivity contribution is -0.122. The Morgan fingerprint density at radius 3 is 2.68 bits per heavy atom. The molecule has 0 atom stereocenters. The number of aromatic amines is 2. The molecule has 0 unspecified atom stereocenters. The lowest BCUT2D eigenvalue weighted by Crippen LogP contribution is -2.40. The molecule has 5 nitrogen and oxygen atoms in total. The van der Waals surface area contributed by atoms with Gasteiger partial charge in [0.1, 0.15) is 5.69 Å². The summed E-state index contributed by atoms with van der Waals surface area (Å²) in [6.45, 7) is 10.4. The van der Waals surface area contributed by atoms with E-state index >= 15 is 0 Å². The van der Waals surface area contributed by atoms with E-state index < -0.39 is 5.41 Å². The monoisotopic (exact) mass is 376 g/mol. The number of nitrogens with one attached hydrogen (secondary N) is 2. The number of carbonyl (C=O) groups excluding carboxylic acids is 1. The molecule has 28 heavy (non-hydrogen) atoms. The topological polar surface area (TPSA) is 64.8 Å². The molecule has 0 spiro atoms. The summed E-state index contributed by atoms with van der Waals surface area (Å²) in [6, 6.07) is 4.59. The van der Waals surface area contributed by atoms with E-state index in [0.717, 1.165) is 53.8 Å². The summed E-state index contributed by atoms with van der Waals surface area (Å²) in [5, 5.41) is 9.14. The summed E-state index contributed by atoms with van der Waals surface area (Å²) in [7, 11) is 0. The van der Waals surface area contributed by atoms with Crippen LogP contribution in [0.4, 0.5) is 5.69 Å². The predicted octanol–water partition coefficient (Wildman–Crippen LogP) is 4.64. The van der Waals surface area contributed by atoms with Crippen LogP contribution in [0.2, 0.25) is 0 Å². The predicted molar refractivity (Wildman–Crippen MR) is 113 cm³/mol. The van der Waals surface area contributed by atoms with Gasteiger partial charge in [0.05, 0.1) is 11.1 Å². The molecule has 3 aromatic rings. The highest BCUT2D eigenvalue weighted by molar-refractivity contribution is 6.10. The van der Waals surface area contributed by atoms with Crippen LogP contribution in [0.3, 0.4) is 0 Å². The number of rotatable bonds is 2. The smallest absolute Gasteiger partial charge is 0.237 e. The Labute approximate surface area is 165 Å². The van der Waals surface area contributed by atoms with Crippen LogP contribution in [-0.4, -0.2) is 27.1 Å². The maximum Gasteiger partial charge on any atom is 0.237 e. The van der Waals surface area contributed by atoms with Crippen LogP contribution < -0.4 is 4.90 Å². The molecule has 0 fully saturated rings. The maximum atomic E-state index is 13.1. The third-order valence-corrected chi connectivity index (χ3v) is 6.62. The maximum absolute atomic E-state index is 13.1. The van der Waals surface area contributed by atoms with Crippen LogP contribution in [0.1, 0.15) is 63.4 Å². The molecule has 146 valence electrons. The summed E-state index contributed by atoms with van der Waals surface area (Å²) in [6.07, 6.45) is 4.20. The van der Waals surface area contributed by atoms with Crippen LogP contribution in [0.5, 0.6) is 0 Å². The van der Waals surface area contributed by atoms with Crippen LogP contribution in [0.25, 0.3) is 22.3 Å². The minimum absolute atomic E-state index is 0.146. The van der Waals surface area contributed by atoms with Gasteiger partial charge < -0.3 is 9.88 Å². The van der Waals surface area contributed by atoms with Crippen molar-refractivity contribution in [1.82, 2.24) is 15.2 Å². The summed E-state index contributed by atoms with van der Waals surface area (Å²) in [4.78, 5) is 18.7. The SMILES string of the molecule is CCc1[nH]nc2c1CCCc1c-2[nH]c2cc3c(cc12)N(C(C)C)C(=O)C3(C)C. The van der Waals surface area contributed by atoms with Gasteiger partial charge >= 0.3 is 0 Å². The molecule has 2 aromatic heterocycles.